The maximum atomic E-state index is 13.7. The molecular formula is C30H30FN3O3. The van der Waals surface area contributed by atoms with E-state index >= 15 is 0 Å². The standard InChI is InChI=1S/C30H30FN3O3/c1-32-19-26(24-4-2-3-5-27(24)32)25(22-7-9-23(31)10-8-22)17-30(35)34-14-12-33(13-15-34)18-21-6-11-28-29(16-21)37-20-36-28/h2-11,16,19,25H,12-15,17-18,20H2,1H3. The molecule has 1 saturated heterocycles. The fourth-order valence-corrected chi connectivity index (χ4v) is 5.51. The molecule has 1 atom stereocenters. The van der Waals surface area contributed by atoms with Crippen molar-refractivity contribution in [1.29, 1.82) is 0 Å². The second-order valence-corrected chi connectivity index (χ2v) is 9.87. The molecule has 0 N–H and O–H groups in total. The van der Waals surface area contributed by atoms with Crippen LogP contribution in [0.4, 0.5) is 4.39 Å². The quantitative estimate of drug-likeness (QED) is 0.378. The number of fused-ring (bicyclic) bond motifs is 2. The zero-order chi connectivity index (χ0) is 25.4. The van der Waals surface area contributed by atoms with E-state index in [2.05, 4.69) is 33.9 Å². The van der Waals surface area contributed by atoms with E-state index in [1.54, 1.807) is 12.1 Å². The molecule has 3 heterocycles. The minimum Gasteiger partial charge on any atom is -0.454 e. The van der Waals surface area contributed by atoms with Crippen LogP contribution in [-0.4, -0.2) is 53.2 Å². The zero-order valence-corrected chi connectivity index (χ0v) is 20.9. The number of rotatable bonds is 6. The molecule has 2 aliphatic rings. The maximum Gasteiger partial charge on any atom is 0.231 e. The highest BCUT2D eigenvalue weighted by Crippen LogP contribution is 2.35. The first-order valence-corrected chi connectivity index (χ1v) is 12.7. The number of carbonyl (C=O) groups excluding carboxylic acids is 1. The van der Waals surface area contributed by atoms with Crippen LogP contribution in [0.15, 0.2) is 72.9 Å². The molecule has 1 amide bonds. The highest BCUT2D eigenvalue weighted by Gasteiger charge is 2.27. The Morgan fingerprint density at radius 2 is 1.70 bits per heavy atom. The number of para-hydroxylation sites is 1. The SMILES string of the molecule is Cn1cc(C(CC(=O)N2CCN(Cc3ccc4c(c3)OCO4)CC2)c2ccc(F)cc2)c2ccccc21. The third-order valence-corrected chi connectivity index (χ3v) is 7.52. The first-order valence-electron chi connectivity index (χ1n) is 12.7. The Balaban J connectivity index is 1.16. The van der Waals surface area contributed by atoms with Crippen molar-refractivity contribution in [3.05, 3.63) is 95.4 Å². The Kier molecular flexibility index (Phi) is 6.30. The summed E-state index contributed by atoms with van der Waals surface area (Å²) in [7, 11) is 2.02. The molecule has 1 fully saturated rings. The van der Waals surface area contributed by atoms with Gasteiger partial charge in [-0.25, -0.2) is 4.39 Å². The van der Waals surface area contributed by atoms with E-state index in [-0.39, 0.29) is 24.4 Å². The molecule has 37 heavy (non-hydrogen) atoms. The summed E-state index contributed by atoms with van der Waals surface area (Å²) in [5, 5.41) is 1.13. The van der Waals surface area contributed by atoms with Crippen LogP contribution in [0.5, 0.6) is 11.5 Å². The highest BCUT2D eigenvalue weighted by atomic mass is 19.1. The van der Waals surface area contributed by atoms with E-state index in [9.17, 15) is 9.18 Å². The molecule has 2 aliphatic heterocycles. The molecule has 3 aromatic carbocycles. The summed E-state index contributed by atoms with van der Waals surface area (Å²) in [5.74, 6) is 1.30. The van der Waals surface area contributed by atoms with Crippen molar-refractivity contribution >= 4 is 16.8 Å². The van der Waals surface area contributed by atoms with Gasteiger partial charge in [-0.15, -0.1) is 0 Å². The fourth-order valence-electron chi connectivity index (χ4n) is 5.51. The van der Waals surface area contributed by atoms with E-state index in [1.165, 1.54) is 17.7 Å². The predicted octanol–water partition coefficient (Wildman–Crippen LogP) is 4.91. The lowest BCUT2D eigenvalue weighted by Crippen LogP contribution is -2.48. The fraction of sp³-hybridized carbons (Fsp3) is 0.300. The van der Waals surface area contributed by atoms with Gasteiger partial charge < -0.3 is 18.9 Å². The van der Waals surface area contributed by atoms with Crippen LogP contribution in [0.1, 0.15) is 29.0 Å². The number of ether oxygens (including phenoxy) is 2. The van der Waals surface area contributed by atoms with Crippen LogP contribution in [0.3, 0.4) is 0 Å². The van der Waals surface area contributed by atoms with Crippen molar-refractivity contribution in [3.63, 3.8) is 0 Å². The summed E-state index contributed by atoms with van der Waals surface area (Å²) in [6.07, 6.45) is 2.46. The molecule has 0 aliphatic carbocycles. The number of halogens is 1. The second kappa shape index (κ2) is 9.90. The number of piperazine rings is 1. The van der Waals surface area contributed by atoms with Gasteiger partial charge in [-0.05, 0) is 47.0 Å². The predicted molar refractivity (Wildman–Crippen MR) is 140 cm³/mol. The van der Waals surface area contributed by atoms with Gasteiger partial charge in [0.25, 0.3) is 0 Å². The molecule has 7 heteroatoms. The number of nitrogens with zero attached hydrogens (tertiary/aromatic N) is 3. The van der Waals surface area contributed by atoms with Crippen LogP contribution in [0.2, 0.25) is 0 Å². The van der Waals surface area contributed by atoms with Gasteiger partial charge >= 0.3 is 0 Å². The normalized spacial score (nSPS) is 16.3. The van der Waals surface area contributed by atoms with E-state index in [1.807, 2.05) is 36.2 Å². The number of carbonyl (C=O) groups is 1. The molecule has 0 saturated carbocycles. The Labute approximate surface area is 215 Å². The van der Waals surface area contributed by atoms with E-state index < -0.39 is 0 Å². The van der Waals surface area contributed by atoms with Crippen LogP contribution in [-0.2, 0) is 18.4 Å². The van der Waals surface area contributed by atoms with Gasteiger partial charge in [0.2, 0.25) is 12.7 Å². The number of benzene rings is 3. The topological polar surface area (TPSA) is 46.9 Å². The summed E-state index contributed by atoms with van der Waals surface area (Å²) < 4.78 is 26.7. The second-order valence-electron chi connectivity index (χ2n) is 9.87. The van der Waals surface area contributed by atoms with Gasteiger partial charge in [-0.2, -0.15) is 0 Å². The summed E-state index contributed by atoms with van der Waals surface area (Å²) in [4.78, 5) is 17.9. The van der Waals surface area contributed by atoms with Crippen molar-refractivity contribution in [2.75, 3.05) is 33.0 Å². The number of aryl methyl sites for hydroxylation is 1. The van der Waals surface area contributed by atoms with Crippen molar-refractivity contribution in [2.45, 2.75) is 18.9 Å². The molecule has 190 valence electrons. The smallest absolute Gasteiger partial charge is 0.231 e. The van der Waals surface area contributed by atoms with E-state index in [4.69, 9.17) is 9.47 Å². The van der Waals surface area contributed by atoms with Crippen molar-refractivity contribution in [2.24, 2.45) is 7.05 Å². The lowest BCUT2D eigenvalue weighted by atomic mass is 9.87. The average Bonchev–Trinajstić information content (AvgIpc) is 3.52. The minimum atomic E-state index is -0.273. The van der Waals surface area contributed by atoms with Gasteiger partial charge in [0.1, 0.15) is 5.82 Å². The monoisotopic (exact) mass is 499 g/mol. The molecule has 1 unspecified atom stereocenters. The van der Waals surface area contributed by atoms with Gasteiger partial charge in [-0.1, -0.05) is 36.4 Å². The number of aromatic nitrogens is 1. The van der Waals surface area contributed by atoms with Crippen LogP contribution in [0.25, 0.3) is 10.9 Å². The van der Waals surface area contributed by atoms with E-state index in [0.29, 0.717) is 19.5 Å². The number of hydrogen-bond acceptors (Lipinski definition) is 4. The minimum absolute atomic E-state index is 0.130. The van der Waals surface area contributed by atoms with Crippen LogP contribution < -0.4 is 9.47 Å². The molecule has 0 radical (unpaired) electrons. The van der Waals surface area contributed by atoms with Crippen molar-refractivity contribution < 1.29 is 18.7 Å². The Morgan fingerprint density at radius 3 is 2.51 bits per heavy atom. The molecule has 4 aromatic rings. The summed E-state index contributed by atoms with van der Waals surface area (Å²) in [6, 6.07) is 20.9. The Hall–Kier alpha value is -3.84. The average molecular weight is 500 g/mol. The summed E-state index contributed by atoms with van der Waals surface area (Å²) >= 11 is 0. The molecule has 0 bridgehead atoms. The Bertz CT molecular complexity index is 1420. The lowest BCUT2D eigenvalue weighted by molar-refractivity contribution is -0.133. The first-order chi connectivity index (χ1) is 18.0. The number of amides is 1. The van der Waals surface area contributed by atoms with Gasteiger partial charge in [0.05, 0.1) is 0 Å². The Morgan fingerprint density at radius 1 is 0.946 bits per heavy atom. The highest BCUT2D eigenvalue weighted by molar-refractivity contribution is 5.86. The van der Waals surface area contributed by atoms with Crippen molar-refractivity contribution in [1.82, 2.24) is 14.4 Å². The maximum absolute atomic E-state index is 13.7. The van der Waals surface area contributed by atoms with E-state index in [0.717, 1.165) is 53.2 Å². The largest absolute Gasteiger partial charge is 0.454 e. The zero-order valence-electron chi connectivity index (χ0n) is 20.9. The van der Waals surface area contributed by atoms with Crippen molar-refractivity contribution in [3.8, 4) is 11.5 Å². The third kappa shape index (κ3) is 4.79. The lowest BCUT2D eigenvalue weighted by Gasteiger charge is -2.35. The molecule has 0 spiro atoms. The van der Waals surface area contributed by atoms with Crippen LogP contribution >= 0.6 is 0 Å². The molecule has 6 nitrogen and oxygen atoms in total. The summed E-state index contributed by atoms with van der Waals surface area (Å²) in [6.45, 7) is 4.10. The summed E-state index contributed by atoms with van der Waals surface area (Å²) in [5.41, 5.74) is 4.34. The van der Waals surface area contributed by atoms with Gasteiger partial charge in [-0.3, -0.25) is 9.69 Å². The first kappa shape index (κ1) is 23.6. The van der Waals surface area contributed by atoms with Crippen LogP contribution in [0, 0.1) is 5.82 Å². The van der Waals surface area contributed by atoms with Gasteiger partial charge in [0.15, 0.2) is 11.5 Å². The molecular weight excluding hydrogens is 469 g/mol. The molecule has 6 rings (SSSR count). The number of hydrogen-bond donors (Lipinski definition) is 0. The van der Waals surface area contributed by atoms with Gasteiger partial charge in [0, 0.05) is 69.2 Å². The third-order valence-electron chi connectivity index (χ3n) is 7.52. The molecule has 1 aromatic heterocycles.